The van der Waals surface area contributed by atoms with Crippen LogP contribution in [0, 0.1) is 0 Å². The molecule has 2 aromatic rings. The Morgan fingerprint density at radius 3 is 3.06 bits per heavy atom. The van der Waals surface area contributed by atoms with Gasteiger partial charge in [-0.05, 0) is 12.1 Å². The Balaban J connectivity index is 2.09. The Bertz CT molecular complexity index is 537. The van der Waals surface area contributed by atoms with E-state index in [2.05, 4.69) is 25.5 Å². The molecule has 0 radical (unpaired) electrons. The summed E-state index contributed by atoms with van der Waals surface area (Å²) in [4.78, 5) is 18.2. The predicted octanol–water partition coefficient (Wildman–Crippen LogP) is 0.734. The Kier molecular flexibility index (Phi) is 3.44. The van der Waals surface area contributed by atoms with Gasteiger partial charge in [-0.3, -0.25) is 4.79 Å². The highest BCUT2D eigenvalue weighted by atomic mass is 16.1. The van der Waals surface area contributed by atoms with Gasteiger partial charge in [-0.25, -0.2) is 4.98 Å². The molecule has 0 saturated carbocycles. The monoisotopic (exact) mass is 231 g/mol. The van der Waals surface area contributed by atoms with Gasteiger partial charge in [0.15, 0.2) is 0 Å². The quantitative estimate of drug-likeness (QED) is 0.810. The van der Waals surface area contributed by atoms with E-state index in [1.165, 1.54) is 6.07 Å². The molecule has 0 amide bonds. The van der Waals surface area contributed by atoms with Crippen LogP contribution in [0.4, 0.5) is 5.82 Å². The zero-order valence-electron chi connectivity index (χ0n) is 9.47. The molecule has 2 heterocycles. The minimum absolute atomic E-state index is 0.154. The first-order valence-electron chi connectivity index (χ1n) is 5.38. The number of nitrogens with zero attached hydrogens (tertiary/aromatic N) is 3. The standard InChI is InChI=1S/C11H13N5O/c1-2-9-14-10(6-11(17)15-9)12-7-8-4-3-5-13-16-8/h3-6H,2,7H2,1H3,(H2,12,14,15,17). The summed E-state index contributed by atoms with van der Waals surface area (Å²) in [7, 11) is 0. The average Bonchev–Trinajstić information content (AvgIpc) is 2.37. The molecule has 2 aromatic heterocycles. The molecule has 0 fully saturated rings. The van der Waals surface area contributed by atoms with Gasteiger partial charge in [0.1, 0.15) is 11.6 Å². The molecule has 88 valence electrons. The van der Waals surface area contributed by atoms with Crippen LogP contribution in [0.5, 0.6) is 0 Å². The Labute approximate surface area is 98.1 Å². The Morgan fingerprint density at radius 2 is 2.35 bits per heavy atom. The fourth-order valence-electron chi connectivity index (χ4n) is 1.37. The smallest absolute Gasteiger partial charge is 0.252 e. The van der Waals surface area contributed by atoms with Crippen molar-refractivity contribution >= 4 is 5.82 Å². The minimum atomic E-state index is -0.154. The molecule has 0 aliphatic heterocycles. The van der Waals surface area contributed by atoms with Crippen LogP contribution in [0.1, 0.15) is 18.4 Å². The highest BCUT2D eigenvalue weighted by molar-refractivity contribution is 5.33. The summed E-state index contributed by atoms with van der Waals surface area (Å²) >= 11 is 0. The molecule has 0 saturated heterocycles. The van der Waals surface area contributed by atoms with Crippen LogP contribution in [0.2, 0.25) is 0 Å². The van der Waals surface area contributed by atoms with Crippen molar-refractivity contribution in [3.63, 3.8) is 0 Å². The van der Waals surface area contributed by atoms with Gasteiger partial charge in [-0.1, -0.05) is 6.92 Å². The molecule has 0 aliphatic carbocycles. The van der Waals surface area contributed by atoms with Gasteiger partial charge in [-0.15, -0.1) is 0 Å². The number of nitrogens with one attached hydrogen (secondary N) is 2. The van der Waals surface area contributed by atoms with Crippen LogP contribution >= 0.6 is 0 Å². The van der Waals surface area contributed by atoms with Crippen molar-refractivity contribution in [3.05, 3.63) is 46.3 Å². The maximum absolute atomic E-state index is 11.3. The summed E-state index contributed by atoms with van der Waals surface area (Å²) in [5, 5.41) is 10.7. The second-order valence-corrected chi connectivity index (χ2v) is 3.50. The second-order valence-electron chi connectivity index (χ2n) is 3.50. The van der Waals surface area contributed by atoms with Gasteiger partial charge in [0.05, 0.1) is 12.2 Å². The van der Waals surface area contributed by atoms with E-state index in [9.17, 15) is 4.79 Å². The highest BCUT2D eigenvalue weighted by Gasteiger charge is 2.00. The maximum atomic E-state index is 11.3. The molecule has 0 spiro atoms. The molecule has 0 atom stereocenters. The number of H-pyrrole nitrogens is 1. The normalized spacial score (nSPS) is 10.2. The summed E-state index contributed by atoms with van der Waals surface area (Å²) in [6.45, 7) is 2.43. The minimum Gasteiger partial charge on any atom is -0.364 e. The zero-order valence-corrected chi connectivity index (χ0v) is 9.47. The van der Waals surface area contributed by atoms with Crippen LogP contribution in [-0.4, -0.2) is 20.2 Å². The van der Waals surface area contributed by atoms with Gasteiger partial charge in [0.2, 0.25) is 0 Å². The Hall–Kier alpha value is -2.24. The fourth-order valence-corrected chi connectivity index (χ4v) is 1.37. The summed E-state index contributed by atoms with van der Waals surface area (Å²) in [5.74, 6) is 1.22. The lowest BCUT2D eigenvalue weighted by atomic mass is 10.4. The molecule has 6 heteroatoms. The fraction of sp³-hybridized carbons (Fsp3) is 0.273. The Morgan fingerprint density at radius 1 is 1.47 bits per heavy atom. The molecule has 0 aliphatic rings. The number of aromatic nitrogens is 4. The number of anilines is 1. The summed E-state index contributed by atoms with van der Waals surface area (Å²) < 4.78 is 0. The van der Waals surface area contributed by atoms with Gasteiger partial charge < -0.3 is 10.3 Å². The summed E-state index contributed by atoms with van der Waals surface area (Å²) in [6, 6.07) is 5.09. The van der Waals surface area contributed by atoms with Gasteiger partial charge in [0.25, 0.3) is 5.56 Å². The van der Waals surface area contributed by atoms with E-state index in [1.807, 2.05) is 19.1 Å². The van der Waals surface area contributed by atoms with Crippen molar-refractivity contribution in [1.29, 1.82) is 0 Å². The highest BCUT2D eigenvalue weighted by Crippen LogP contribution is 2.02. The van der Waals surface area contributed by atoms with E-state index in [4.69, 9.17) is 0 Å². The molecule has 17 heavy (non-hydrogen) atoms. The van der Waals surface area contributed by atoms with Crippen LogP contribution in [0.25, 0.3) is 0 Å². The first kappa shape index (κ1) is 11.3. The van der Waals surface area contributed by atoms with Crippen molar-refractivity contribution in [1.82, 2.24) is 20.2 Å². The number of aromatic amines is 1. The summed E-state index contributed by atoms with van der Waals surface area (Å²) in [6.07, 6.45) is 2.31. The average molecular weight is 231 g/mol. The molecule has 0 aromatic carbocycles. The largest absolute Gasteiger partial charge is 0.364 e. The zero-order chi connectivity index (χ0) is 12.1. The van der Waals surface area contributed by atoms with Crippen molar-refractivity contribution < 1.29 is 0 Å². The van der Waals surface area contributed by atoms with Crippen molar-refractivity contribution in [2.45, 2.75) is 19.9 Å². The van der Waals surface area contributed by atoms with E-state index < -0.39 is 0 Å². The number of hydrogen-bond acceptors (Lipinski definition) is 5. The third kappa shape index (κ3) is 3.10. The molecular weight excluding hydrogens is 218 g/mol. The predicted molar refractivity (Wildman–Crippen MR) is 63.6 cm³/mol. The topological polar surface area (TPSA) is 83.6 Å². The third-order valence-corrected chi connectivity index (χ3v) is 2.20. The van der Waals surface area contributed by atoms with Crippen LogP contribution in [0.15, 0.2) is 29.2 Å². The molecule has 0 bridgehead atoms. The van der Waals surface area contributed by atoms with Crippen LogP contribution in [0.3, 0.4) is 0 Å². The molecular formula is C11H13N5O. The van der Waals surface area contributed by atoms with Gasteiger partial charge in [0, 0.05) is 18.7 Å². The van der Waals surface area contributed by atoms with Gasteiger partial charge in [-0.2, -0.15) is 10.2 Å². The lowest BCUT2D eigenvalue weighted by Crippen LogP contribution is -2.13. The van der Waals surface area contributed by atoms with Crippen molar-refractivity contribution in [3.8, 4) is 0 Å². The lowest BCUT2D eigenvalue weighted by Gasteiger charge is -2.05. The maximum Gasteiger partial charge on any atom is 0.252 e. The molecule has 2 N–H and O–H groups in total. The van der Waals surface area contributed by atoms with Crippen molar-refractivity contribution in [2.75, 3.05) is 5.32 Å². The van der Waals surface area contributed by atoms with Crippen LogP contribution < -0.4 is 10.9 Å². The first-order chi connectivity index (χ1) is 8.28. The number of hydrogen-bond donors (Lipinski definition) is 2. The summed E-state index contributed by atoms with van der Waals surface area (Å²) in [5.41, 5.74) is 0.645. The molecule has 2 rings (SSSR count). The van der Waals surface area contributed by atoms with E-state index in [0.29, 0.717) is 24.6 Å². The van der Waals surface area contributed by atoms with Gasteiger partial charge >= 0.3 is 0 Å². The first-order valence-corrected chi connectivity index (χ1v) is 5.38. The lowest BCUT2D eigenvalue weighted by molar-refractivity contribution is 0.893. The van der Waals surface area contributed by atoms with E-state index >= 15 is 0 Å². The van der Waals surface area contributed by atoms with E-state index in [-0.39, 0.29) is 5.56 Å². The number of rotatable bonds is 4. The molecule has 6 nitrogen and oxygen atoms in total. The third-order valence-electron chi connectivity index (χ3n) is 2.20. The van der Waals surface area contributed by atoms with E-state index in [0.717, 1.165) is 5.69 Å². The molecule has 0 unspecified atom stereocenters. The second kappa shape index (κ2) is 5.20. The van der Waals surface area contributed by atoms with E-state index in [1.54, 1.807) is 6.20 Å². The van der Waals surface area contributed by atoms with Crippen LogP contribution in [-0.2, 0) is 13.0 Å². The van der Waals surface area contributed by atoms with Crippen molar-refractivity contribution in [2.24, 2.45) is 0 Å². The number of aryl methyl sites for hydroxylation is 1. The SMILES string of the molecule is CCc1nc(NCc2cccnn2)cc(=O)[nH]1.